The average molecular weight is 392 g/mol. The van der Waals surface area contributed by atoms with E-state index in [1.165, 1.54) is 0 Å². The maximum Gasteiger partial charge on any atom is 0.167 e. The van der Waals surface area contributed by atoms with Gasteiger partial charge in [0.2, 0.25) is 0 Å². The molecule has 0 aliphatic carbocycles. The SMILES string of the molecule is CCc1nccn1CCN1CCC[C@H](C(=O)c2ccc3cc(OC)ccc3c2)C1. The maximum absolute atomic E-state index is 13.2. The number of likely N-dealkylation sites (tertiary alicyclic amines) is 1. The molecule has 4 rings (SSSR count). The largest absolute Gasteiger partial charge is 0.497 e. The zero-order chi connectivity index (χ0) is 20.2. The molecule has 5 nitrogen and oxygen atoms in total. The van der Waals surface area contributed by atoms with Gasteiger partial charge in [-0.05, 0) is 48.4 Å². The summed E-state index contributed by atoms with van der Waals surface area (Å²) in [6, 6.07) is 12.0. The minimum Gasteiger partial charge on any atom is -0.497 e. The molecule has 1 aliphatic rings. The summed E-state index contributed by atoms with van der Waals surface area (Å²) in [5, 5.41) is 2.18. The summed E-state index contributed by atoms with van der Waals surface area (Å²) in [7, 11) is 1.67. The van der Waals surface area contributed by atoms with Crippen LogP contribution in [-0.4, -0.2) is 47.0 Å². The van der Waals surface area contributed by atoms with Crippen molar-refractivity contribution in [1.29, 1.82) is 0 Å². The fourth-order valence-electron chi connectivity index (χ4n) is 4.32. The molecule has 2 aromatic carbocycles. The van der Waals surface area contributed by atoms with Gasteiger partial charge in [0.1, 0.15) is 11.6 Å². The summed E-state index contributed by atoms with van der Waals surface area (Å²) in [6.07, 6.45) is 6.92. The van der Waals surface area contributed by atoms with Crippen LogP contribution in [0.2, 0.25) is 0 Å². The molecule has 1 aromatic heterocycles. The van der Waals surface area contributed by atoms with Crippen LogP contribution >= 0.6 is 0 Å². The Morgan fingerprint density at radius 2 is 2.00 bits per heavy atom. The molecule has 5 heteroatoms. The molecule has 0 amide bonds. The lowest BCUT2D eigenvalue weighted by molar-refractivity contribution is 0.0816. The number of nitrogens with zero attached hydrogens (tertiary/aromatic N) is 3. The van der Waals surface area contributed by atoms with Crippen molar-refractivity contribution in [2.45, 2.75) is 32.7 Å². The van der Waals surface area contributed by atoms with E-state index < -0.39 is 0 Å². The zero-order valence-corrected chi connectivity index (χ0v) is 17.3. The lowest BCUT2D eigenvalue weighted by Crippen LogP contribution is -2.40. The number of piperidine rings is 1. The average Bonchev–Trinajstić information content (AvgIpc) is 3.24. The first-order valence-electron chi connectivity index (χ1n) is 10.5. The van der Waals surface area contributed by atoms with Crippen LogP contribution in [0.3, 0.4) is 0 Å². The third-order valence-electron chi connectivity index (χ3n) is 5.98. The molecule has 3 aromatic rings. The van der Waals surface area contributed by atoms with Crippen molar-refractivity contribution in [3.63, 3.8) is 0 Å². The van der Waals surface area contributed by atoms with E-state index >= 15 is 0 Å². The van der Waals surface area contributed by atoms with E-state index in [9.17, 15) is 4.79 Å². The molecule has 2 heterocycles. The molecular formula is C24H29N3O2. The highest BCUT2D eigenvalue weighted by Crippen LogP contribution is 2.25. The molecule has 152 valence electrons. The summed E-state index contributed by atoms with van der Waals surface area (Å²) < 4.78 is 7.52. The normalized spacial score (nSPS) is 17.5. The topological polar surface area (TPSA) is 47.4 Å². The number of ketones is 1. The van der Waals surface area contributed by atoms with E-state index in [2.05, 4.69) is 27.6 Å². The Morgan fingerprint density at radius 3 is 2.83 bits per heavy atom. The number of hydrogen-bond acceptors (Lipinski definition) is 4. The first kappa shape index (κ1) is 19.6. The Labute approximate surface area is 172 Å². The van der Waals surface area contributed by atoms with E-state index in [1.54, 1.807) is 7.11 Å². The van der Waals surface area contributed by atoms with Crippen molar-refractivity contribution in [1.82, 2.24) is 14.5 Å². The van der Waals surface area contributed by atoms with E-state index in [-0.39, 0.29) is 11.7 Å². The van der Waals surface area contributed by atoms with Crippen LogP contribution < -0.4 is 4.74 Å². The van der Waals surface area contributed by atoms with Gasteiger partial charge >= 0.3 is 0 Å². The Balaban J connectivity index is 1.42. The summed E-state index contributed by atoms with van der Waals surface area (Å²) in [5.41, 5.74) is 0.817. The van der Waals surface area contributed by atoms with Crippen LogP contribution in [0.1, 0.15) is 35.9 Å². The van der Waals surface area contributed by atoms with Gasteiger partial charge in [0.15, 0.2) is 5.78 Å². The molecule has 1 atom stereocenters. The second-order valence-corrected chi connectivity index (χ2v) is 7.82. The molecule has 1 saturated heterocycles. The van der Waals surface area contributed by atoms with Crippen LogP contribution in [0.15, 0.2) is 48.8 Å². The lowest BCUT2D eigenvalue weighted by Gasteiger charge is -2.32. The van der Waals surface area contributed by atoms with Gasteiger partial charge in [-0.15, -0.1) is 0 Å². The quantitative estimate of drug-likeness (QED) is 0.566. The number of hydrogen-bond donors (Lipinski definition) is 0. The van der Waals surface area contributed by atoms with E-state index in [0.29, 0.717) is 0 Å². The highest BCUT2D eigenvalue weighted by Gasteiger charge is 2.26. The van der Waals surface area contributed by atoms with Crippen LogP contribution in [-0.2, 0) is 13.0 Å². The third-order valence-corrected chi connectivity index (χ3v) is 5.98. The molecule has 0 N–H and O–H groups in total. The minimum absolute atomic E-state index is 0.0767. The van der Waals surface area contributed by atoms with Crippen LogP contribution in [0.5, 0.6) is 5.75 Å². The fraction of sp³-hybridized carbons (Fsp3) is 0.417. The molecular weight excluding hydrogens is 362 g/mol. The van der Waals surface area contributed by atoms with Gasteiger partial charge in [-0.25, -0.2) is 4.98 Å². The molecule has 1 fully saturated rings. The number of aryl methyl sites for hydroxylation is 1. The van der Waals surface area contributed by atoms with Gasteiger partial charge in [-0.2, -0.15) is 0 Å². The van der Waals surface area contributed by atoms with Gasteiger partial charge in [0.05, 0.1) is 7.11 Å². The first-order chi connectivity index (χ1) is 14.2. The highest BCUT2D eigenvalue weighted by molar-refractivity contribution is 6.01. The second-order valence-electron chi connectivity index (χ2n) is 7.82. The number of Topliss-reactive ketones (excluding diaryl/α,β-unsaturated/α-hetero) is 1. The van der Waals surface area contributed by atoms with Crippen molar-refractivity contribution in [3.8, 4) is 5.75 Å². The molecule has 1 aliphatic heterocycles. The number of rotatable bonds is 7. The Kier molecular flexibility index (Phi) is 5.95. The van der Waals surface area contributed by atoms with Crippen molar-refractivity contribution >= 4 is 16.6 Å². The van der Waals surface area contributed by atoms with Crippen molar-refractivity contribution < 1.29 is 9.53 Å². The molecule has 0 radical (unpaired) electrons. The van der Waals surface area contributed by atoms with E-state index in [1.807, 2.05) is 42.6 Å². The molecule has 29 heavy (non-hydrogen) atoms. The zero-order valence-electron chi connectivity index (χ0n) is 17.3. The minimum atomic E-state index is 0.0767. The van der Waals surface area contributed by atoms with E-state index in [4.69, 9.17) is 4.74 Å². The van der Waals surface area contributed by atoms with Crippen molar-refractivity contribution in [3.05, 3.63) is 60.2 Å². The smallest absolute Gasteiger partial charge is 0.167 e. The van der Waals surface area contributed by atoms with Gasteiger partial charge in [-0.1, -0.05) is 25.1 Å². The summed E-state index contributed by atoms with van der Waals surface area (Å²) in [5.74, 6) is 2.31. The summed E-state index contributed by atoms with van der Waals surface area (Å²) >= 11 is 0. The number of imidazole rings is 1. The Hall–Kier alpha value is -2.66. The molecule has 0 unspecified atom stereocenters. The molecule has 0 bridgehead atoms. The van der Waals surface area contributed by atoms with Crippen LogP contribution in [0.25, 0.3) is 10.8 Å². The summed E-state index contributed by atoms with van der Waals surface area (Å²) in [6.45, 7) is 5.94. The molecule has 0 saturated carbocycles. The van der Waals surface area contributed by atoms with Gasteiger partial charge in [0.25, 0.3) is 0 Å². The fourth-order valence-corrected chi connectivity index (χ4v) is 4.32. The van der Waals surface area contributed by atoms with Crippen molar-refractivity contribution in [2.75, 3.05) is 26.7 Å². The third kappa shape index (κ3) is 4.35. The number of fused-ring (bicyclic) bond motifs is 1. The van der Waals surface area contributed by atoms with E-state index in [0.717, 1.165) is 73.4 Å². The van der Waals surface area contributed by atoms with Gasteiger partial charge < -0.3 is 14.2 Å². The monoisotopic (exact) mass is 391 g/mol. The number of carbonyl (C=O) groups excluding carboxylic acids is 1. The highest BCUT2D eigenvalue weighted by atomic mass is 16.5. The number of carbonyl (C=O) groups is 1. The van der Waals surface area contributed by atoms with Gasteiger partial charge in [-0.3, -0.25) is 4.79 Å². The van der Waals surface area contributed by atoms with Crippen LogP contribution in [0, 0.1) is 5.92 Å². The number of methoxy groups -OCH3 is 1. The number of aromatic nitrogens is 2. The Morgan fingerprint density at radius 1 is 1.17 bits per heavy atom. The predicted octanol–water partition coefficient (Wildman–Crippen LogP) is 4.20. The predicted molar refractivity (Wildman–Crippen MR) is 116 cm³/mol. The molecule has 0 spiro atoms. The lowest BCUT2D eigenvalue weighted by atomic mass is 9.89. The summed E-state index contributed by atoms with van der Waals surface area (Å²) in [4.78, 5) is 20.0. The second kappa shape index (κ2) is 8.78. The van der Waals surface area contributed by atoms with Gasteiger partial charge in [0, 0.05) is 49.9 Å². The maximum atomic E-state index is 13.2. The number of ether oxygens (including phenoxy) is 1. The van der Waals surface area contributed by atoms with Crippen molar-refractivity contribution in [2.24, 2.45) is 5.92 Å². The van der Waals surface area contributed by atoms with Crippen LogP contribution in [0.4, 0.5) is 0 Å². The Bertz CT molecular complexity index is 995. The standard InChI is InChI=1S/C24H29N3O2/c1-3-23-25-10-12-27(23)14-13-26-11-4-5-21(17-26)24(28)20-7-6-19-16-22(29-2)9-8-18(19)15-20/h6-10,12,15-16,21H,3-5,11,13-14,17H2,1-2H3/t21-/m0/s1. The number of benzene rings is 2. The first-order valence-corrected chi connectivity index (χ1v) is 10.5.